The van der Waals surface area contributed by atoms with Crippen molar-refractivity contribution in [3.05, 3.63) is 60.0 Å². The summed E-state index contributed by atoms with van der Waals surface area (Å²) in [6.45, 7) is 0. The summed E-state index contributed by atoms with van der Waals surface area (Å²) in [5.41, 5.74) is -0.819. The zero-order valence-corrected chi connectivity index (χ0v) is 14.5. The average Bonchev–Trinajstić information content (AvgIpc) is 3.01. The van der Waals surface area contributed by atoms with Crippen LogP contribution in [0.15, 0.2) is 53.8 Å². The van der Waals surface area contributed by atoms with Crippen molar-refractivity contribution >= 4 is 17.6 Å². The van der Waals surface area contributed by atoms with Gasteiger partial charge < -0.3 is 0 Å². The molecule has 0 aliphatic heterocycles. The summed E-state index contributed by atoms with van der Waals surface area (Å²) in [5, 5.41) is 3.90. The number of rotatable bonds is 4. The molecule has 11 heteroatoms. The van der Waals surface area contributed by atoms with Crippen LogP contribution < -0.4 is 0 Å². The molecule has 0 bridgehead atoms. The van der Waals surface area contributed by atoms with Crippen molar-refractivity contribution in [3.8, 4) is 0 Å². The molecule has 2 heterocycles. The van der Waals surface area contributed by atoms with Crippen LogP contribution in [0.1, 0.15) is 17.2 Å². The Balaban J connectivity index is 1.87. The minimum Gasteiger partial charge on any atom is -0.233 e. The third kappa shape index (κ3) is 4.35. The predicted octanol–water partition coefficient (Wildman–Crippen LogP) is 4.99. The molecule has 1 aromatic carbocycles. The number of aromatic nitrogens is 3. The minimum absolute atomic E-state index is 0.283. The summed E-state index contributed by atoms with van der Waals surface area (Å²) in [6, 6.07) is 4.04. The summed E-state index contributed by atoms with van der Waals surface area (Å²) >= 11 is 0.811. The molecular weight excluding hydrogens is 394 g/mol. The van der Waals surface area contributed by atoms with Gasteiger partial charge in [0, 0.05) is 11.1 Å². The molecule has 1 atom stereocenters. The van der Waals surface area contributed by atoms with E-state index in [0.717, 1.165) is 28.4 Å². The smallest absolute Gasteiger partial charge is 0.233 e. The molecule has 4 nitrogen and oxygen atoms in total. The van der Waals surface area contributed by atoms with E-state index in [-0.39, 0.29) is 5.56 Å². The van der Waals surface area contributed by atoms with E-state index in [2.05, 4.69) is 10.1 Å². The minimum atomic E-state index is -4.68. The first kappa shape index (κ1) is 19.5. The number of pyridine rings is 1. The number of benzene rings is 1. The maximum Gasteiger partial charge on any atom is 0.416 e. The van der Waals surface area contributed by atoms with Gasteiger partial charge in [0.15, 0.2) is 5.65 Å². The summed E-state index contributed by atoms with van der Waals surface area (Å²) in [6.07, 6.45) is -6.42. The van der Waals surface area contributed by atoms with Crippen LogP contribution in [0.3, 0.4) is 0 Å². The Bertz CT molecular complexity index is 919. The highest BCUT2D eigenvalue weighted by atomic mass is 32.2. The van der Waals surface area contributed by atoms with Gasteiger partial charge in [0.1, 0.15) is 12.4 Å². The van der Waals surface area contributed by atoms with E-state index in [0.29, 0.717) is 22.7 Å². The molecule has 3 aromatic rings. The van der Waals surface area contributed by atoms with E-state index >= 15 is 0 Å². The van der Waals surface area contributed by atoms with E-state index in [9.17, 15) is 26.3 Å². The Morgan fingerprint density at radius 2 is 1.70 bits per heavy atom. The Kier molecular flexibility index (Phi) is 5.08. The third-order valence-corrected chi connectivity index (χ3v) is 4.69. The number of halogens is 6. The number of hydrogen-bond acceptors (Lipinski definition) is 4. The van der Waals surface area contributed by atoms with Crippen LogP contribution in [0.4, 0.5) is 26.3 Å². The van der Waals surface area contributed by atoms with E-state index in [4.69, 9.17) is 0 Å². The number of alkyl halides is 6. The molecule has 0 saturated heterocycles. The van der Waals surface area contributed by atoms with Crippen LogP contribution >= 0.6 is 11.9 Å². The molecule has 0 radical (unpaired) electrons. The Labute approximate surface area is 153 Å². The largest absolute Gasteiger partial charge is 0.416 e. The number of nitrogens with zero attached hydrogens (tertiary/aromatic N) is 4. The summed E-state index contributed by atoms with van der Waals surface area (Å²) < 4.78 is 81.1. The van der Waals surface area contributed by atoms with E-state index in [1.54, 1.807) is 18.3 Å². The Morgan fingerprint density at radius 1 is 1.04 bits per heavy atom. The lowest BCUT2D eigenvalue weighted by molar-refractivity contribution is -0.169. The molecule has 0 aliphatic rings. The fourth-order valence-electron chi connectivity index (χ4n) is 2.53. The van der Waals surface area contributed by atoms with Gasteiger partial charge in [-0.3, -0.25) is 0 Å². The van der Waals surface area contributed by atoms with Gasteiger partial charge in [-0.05, 0) is 48.8 Å². The first-order chi connectivity index (χ1) is 12.6. The van der Waals surface area contributed by atoms with Gasteiger partial charge in [-0.15, -0.1) is 0 Å². The lowest BCUT2D eigenvalue weighted by atomic mass is 10.0. The molecule has 0 amide bonds. The fourth-order valence-corrected chi connectivity index (χ4v) is 3.49. The van der Waals surface area contributed by atoms with Gasteiger partial charge in [0.05, 0.1) is 5.56 Å². The fraction of sp³-hybridized carbons (Fsp3) is 0.250. The molecule has 27 heavy (non-hydrogen) atoms. The molecule has 2 aromatic heterocycles. The number of hydrogen-bond donors (Lipinski definition) is 0. The lowest BCUT2D eigenvalue weighted by Crippen LogP contribution is -2.32. The lowest BCUT2D eigenvalue weighted by Gasteiger charge is -2.29. The van der Waals surface area contributed by atoms with Crippen molar-refractivity contribution in [1.29, 1.82) is 0 Å². The van der Waals surface area contributed by atoms with Gasteiger partial charge in [0.25, 0.3) is 0 Å². The van der Waals surface area contributed by atoms with Crippen molar-refractivity contribution in [2.45, 2.75) is 23.3 Å². The van der Waals surface area contributed by atoms with Crippen molar-refractivity contribution in [1.82, 2.24) is 18.9 Å². The van der Waals surface area contributed by atoms with E-state index in [1.807, 2.05) is 0 Å². The monoisotopic (exact) mass is 406 g/mol. The second-order valence-corrected chi connectivity index (χ2v) is 6.86. The molecule has 0 aliphatic carbocycles. The van der Waals surface area contributed by atoms with Crippen LogP contribution in [0.2, 0.25) is 0 Å². The molecule has 0 saturated carbocycles. The normalized spacial score (nSPS) is 14.1. The van der Waals surface area contributed by atoms with E-state index < -0.39 is 24.0 Å². The SMILES string of the molecule is CN(Sc1ccn2ncnc2c1)[C@H](c1ccc(C(F)(F)F)cc1)C(F)(F)F. The van der Waals surface area contributed by atoms with Crippen molar-refractivity contribution < 1.29 is 26.3 Å². The molecule has 3 rings (SSSR count). The summed E-state index contributed by atoms with van der Waals surface area (Å²) in [7, 11) is 1.23. The standard InChI is InChI=1S/C16H12F6N4S/c1-25(27-12-6-7-26-13(8-12)23-9-24-26)14(16(20,21)22)10-2-4-11(5-3-10)15(17,18)19/h2-9,14H,1H3/t14-/m1/s1. The van der Waals surface area contributed by atoms with Crippen molar-refractivity contribution in [3.63, 3.8) is 0 Å². The third-order valence-electron chi connectivity index (χ3n) is 3.73. The van der Waals surface area contributed by atoms with Gasteiger partial charge in [-0.25, -0.2) is 13.8 Å². The highest BCUT2D eigenvalue weighted by molar-refractivity contribution is 7.97. The Hall–Kier alpha value is -2.27. The first-order valence-corrected chi connectivity index (χ1v) is 8.27. The Morgan fingerprint density at radius 3 is 2.30 bits per heavy atom. The zero-order valence-electron chi connectivity index (χ0n) is 13.7. The maximum absolute atomic E-state index is 13.6. The average molecular weight is 406 g/mol. The van der Waals surface area contributed by atoms with Crippen LogP contribution in [-0.4, -0.2) is 32.1 Å². The summed E-state index contributed by atoms with van der Waals surface area (Å²) in [4.78, 5) is 4.45. The molecule has 0 N–H and O–H groups in total. The number of fused-ring (bicyclic) bond motifs is 1. The zero-order chi connectivity index (χ0) is 19.8. The van der Waals surface area contributed by atoms with Gasteiger partial charge >= 0.3 is 12.4 Å². The van der Waals surface area contributed by atoms with Crippen LogP contribution in [0, 0.1) is 0 Å². The highest BCUT2D eigenvalue weighted by Gasteiger charge is 2.44. The molecule has 0 unspecified atom stereocenters. The predicted molar refractivity (Wildman–Crippen MR) is 86.8 cm³/mol. The van der Waals surface area contributed by atoms with Crippen LogP contribution in [0.25, 0.3) is 5.65 Å². The second-order valence-electron chi connectivity index (χ2n) is 5.63. The van der Waals surface area contributed by atoms with Gasteiger partial charge in [0.2, 0.25) is 0 Å². The van der Waals surface area contributed by atoms with Gasteiger partial charge in [-0.2, -0.15) is 31.4 Å². The van der Waals surface area contributed by atoms with Crippen molar-refractivity contribution in [2.75, 3.05) is 7.05 Å². The topological polar surface area (TPSA) is 33.4 Å². The molecule has 0 fully saturated rings. The molecular formula is C16H12F6N4S. The quantitative estimate of drug-likeness (QED) is 0.452. The van der Waals surface area contributed by atoms with Gasteiger partial charge in [-0.1, -0.05) is 12.1 Å². The molecule has 144 valence electrons. The second kappa shape index (κ2) is 7.04. The molecule has 0 spiro atoms. The van der Waals surface area contributed by atoms with E-state index in [1.165, 1.54) is 17.9 Å². The van der Waals surface area contributed by atoms with Crippen LogP contribution in [-0.2, 0) is 6.18 Å². The highest BCUT2D eigenvalue weighted by Crippen LogP contribution is 2.42. The first-order valence-electron chi connectivity index (χ1n) is 7.50. The van der Waals surface area contributed by atoms with Crippen molar-refractivity contribution in [2.24, 2.45) is 0 Å². The maximum atomic E-state index is 13.6. The van der Waals surface area contributed by atoms with Crippen LogP contribution in [0.5, 0.6) is 0 Å². The summed E-state index contributed by atoms with van der Waals surface area (Å²) in [5.74, 6) is 0.